The Morgan fingerprint density at radius 1 is 1.88 bits per heavy atom. The predicted molar refractivity (Wildman–Crippen MR) is 34.2 cm³/mol. The molecule has 0 aliphatic heterocycles. The second-order valence-electron chi connectivity index (χ2n) is 1.60. The van der Waals surface area contributed by atoms with Crippen molar-refractivity contribution in [2.75, 3.05) is 7.11 Å². The molecule has 0 N–H and O–H groups in total. The molecule has 0 aromatic rings. The molecular formula is C7H11O. The van der Waals surface area contributed by atoms with Crippen molar-refractivity contribution in [3.05, 3.63) is 6.92 Å². The minimum Gasteiger partial charge on any atom is -0.381 e. The molecular weight excluding hydrogens is 100 g/mol. The van der Waals surface area contributed by atoms with Crippen LogP contribution >= 0.6 is 0 Å². The molecule has 8 heavy (non-hydrogen) atoms. The lowest BCUT2D eigenvalue weighted by atomic mass is 10.2. The van der Waals surface area contributed by atoms with Crippen molar-refractivity contribution in [3.8, 4) is 12.3 Å². The van der Waals surface area contributed by atoms with Crippen molar-refractivity contribution >= 4 is 0 Å². The number of hydrogen-bond acceptors (Lipinski definition) is 1. The van der Waals surface area contributed by atoms with Gasteiger partial charge in [0.05, 0.1) is 6.10 Å². The normalized spacial score (nSPS) is 12.6. The van der Waals surface area contributed by atoms with Gasteiger partial charge in [-0.25, -0.2) is 0 Å². The summed E-state index contributed by atoms with van der Waals surface area (Å²) in [6.07, 6.45) is 6.67. The van der Waals surface area contributed by atoms with Crippen LogP contribution in [-0.4, -0.2) is 13.2 Å². The van der Waals surface area contributed by atoms with E-state index in [0.29, 0.717) is 0 Å². The summed E-state index contributed by atoms with van der Waals surface area (Å²) < 4.78 is 4.85. The van der Waals surface area contributed by atoms with Crippen molar-refractivity contribution in [1.82, 2.24) is 0 Å². The van der Waals surface area contributed by atoms with E-state index in [4.69, 9.17) is 11.2 Å². The summed E-state index contributed by atoms with van der Waals surface area (Å²) in [4.78, 5) is 0. The number of hydrogen-bond donors (Lipinski definition) is 0. The van der Waals surface area contributed by atoms with Crippen molar-refractivity contribution in [2.45, 2.75) is 18.9 Å². The third-order valence-corrected chi connectivity index (χ3v) is 0.944. The number of methoxy groups -OCH3 is 1. The summed E-state index contributed by atoms with van der Waals surface area (Å²) in [5.74, 6) is 2.51. The van der Waals surface area contributed by atoms with E-state index in [1.165, 1.54) is 0 Å². The average Bonchev–Trinajstić information content (AvgIpc) is 1.83. The van der Waals surface area contributed by atoms with Crippen LogP contribution in [0.2, 0.25) is 0 Å². The van der Waals surface area contributed by atoms with Gasteiger partial charge in [-0.2, -0.15) is 0 Å². The van der Waals surface area contributed by atoms with Crippen LogP contribution < -0.4 is 0 Å². The Balaban J connectivity index is 3.01. The van der Waals surface area contributed by atoms with Crippen molar-refractivity contribution in [1.29, 1.82) is 0 Å². The van der Waals surface area contributed by atoms with Crippen molar-refractivity contribution in [3.63, 3.8) is 0 Å². The second kappa shape index (κ2) is 4.67. The summed E-state index contributed by atoms with van der Waals surface area (Å²) >= 11 is 0. The van der Waals surface area contributed by atoms with E-state index in [-0.39, 0.29) is 6.10 Å². The smallest absolute Gasteiger partial charge is 0.0581 e. The van der Waals surface area contributed by atoms with Crippen LogP contribution in [0.25, 0.3) is 0 Å². The molecule has 0 saturated heterocycles. The SMILES string of the molecule is C#CCCC([CH2])OC. The van der Waals surface area contributed by atoms with Gasteiger partial charge in [-0.15, -0.1) is 12.3 Å². The molecule has 0 heterocycles. The Kier molecular flexibility index (Phi) is 4.39. The van der Waals surface area contributed by atoms with Crippen LogP contribution in [0.4, 0.5) is 0 Å². The number of rotatable bonds is 3. The monoisotopic (exact) mass is 111 g/mol. The van der Waals surface area contributed by atoms with Crippen molar-refractivity contribution in [2.24, 2.45) is 0 Å². The highest BCUT2D eigenvalue weighted by Gasteiger charge is 1.94. The molecule has 1 nitrogen and oxygen atoms in total. The van der Waals surface area contributed by atoms with E-state index in [2.05, 4.69) is 12.8 Å². The van der Waals surface area contributed by atoms with Gasteiger partial charge in [-0.05, 0) is 13.3 Å². The van der Waals surface area contributed by atoms with Gasteiger partial charge in [0.2, 0.25) is 0 Å². The third kappa shape index (κ3) is 3.70. The minimum absolute atomic E-state index is 0.0612. The highest BCUT2D eigenvalue weighted by atomic mass is 16.5. The Morgan fingerprint density at radius 3 is 2.88 bits per heavy atom. The van der Waals surface area contributed by atoms with Gasteiger partial charge in [0, 0.05) is 13.5 Å². The maximum absolute atomic E-state index is 5.00. The summed E-state index contributed by atoms with van der Waals surface area (Å²) in [6.45, 7) is 3.68. The quantitative estimate of drug-likeness (QED) is 0.498. The molecule has 1 radical (unpaired) electrons. The lowest BCUT2D eigenvalue weighted by molar-refractivity contribution is 0.133. The fourth-order valence-electron chi connectivity index (χ4n) is 0.362. The number of terminal acetylenes is 1. The first kappa shape index (κ1) is 7.52. The first-order chi connectivity index (χ1) is 3.81. The number of ether oxygens (including phenoxy) is 1. The van der Waals surface area contributed by atoms with E-state index in [1.54, 1.807) is 7.11 Å². The molecule has 0 aliphatic rings. The molecule has 0 fully saturated rings. The summed E-state index contributed by atoms with van der Waals surface area (Å²) in [6, 6.07) is 0. The average molecular weight is 111 g/mol. The molecule has 0 amide bonds. The molecule has 0 aromatic heterocycles. The van der Waals surface area contributed by atoms with Crippen LogP contribution in [0.1, 0.15) is 12.8 Å². The van der Waals surface area contributed by atoms with E-state index in [9.17, 15) is 0 Å². The largest absolute Gasteiger partial charge is 0.381 e. The zero-order valence-corrected chi connectivity index (χ0v) is 5.18. The van der Waals surface area contributed by atoms with Gasteiger partial charge in [0.1, 0.15) is 0 Å². The van der Waals surface area contributed by atoms with Gasteiger partial charge < -0.3 is 4.74 Å². The molecule has 0 aromatic carbocycles. The van der Waals surface area contributed by atoms with Gasteiger partial charge in [0.15, 0.2) is 0 Å². The topological polar surface area (TPSA) is 9.23 Å². The highest BCUT2D eigenvalue weighted by Crippen LogP contribution is 1.96. The lowest BCUT2D eigenvalue weighted by Crippen LogP contribution is -2.03. The molecule has 0 bridgehead atoms. The van der Waals surface area contributed by atoms with Crippen LogP contribution in [-0.2, 0) is 4.74 Å². The molecule has 0 aliphatic carbocycles. The Bertz CT molecular complexity index is 80.9. The van der Waals surface area contributed by atoms with Crippen LogP contribution in [0, 0.1) is 19.3 Å². The van der Waals surface area contributed by atoms with Gasteiger partial charge in [-0.1, -0.05) is 0 Å². The third-order valence-electron chi connectivity index (χ3n) is 0.944. The fourth-order valence-corrected chi connectivity index (χ4v) is 0.362. The van der Waals surface area contributed by atoms with E-state index in [1.807, 2.05) is 0 Å². The first-order valence-electron chi connectivity index (χ1n) is 2.60. The molecule has 1 unspecified atom stereocenters. The zero-order valence-electron chi connectivity index (χ0n) is 5.18. The van der Waals surface area contributed by atoms with Gasteiger partial charge in [-0.3, -0.25) is 0 Å². The molecule has 1 atom stereocenters. The van der Waals surface area contributed by atoms with Crippen molar-refractivity contribution < 1.29 is 4.74 Å². The highest BCUT2D eigenvalue weighted by molar-refractivity contribution is 4.84. The molecule has 0 saturated carbocycles. The van der Waals surface area contributed by atoms with E-state index >= 15 is 0 Å². The molecule has 1 heteroatoms. The minimum atomic E-state index is 0.0612. The van der Waals surface area contributed by atoms with Gasteiger partial charge >= 0.3 is 0 Å². The first-order valence-corrected chi connectivity index (χ1v) is 2.60. The Hall–Kier alpha value is -0.480. The van der Waals surface area contributed by atoms with Crippen LogP contribution in [0.15, 0.2) is 0 Å². The van der Waals surface area contributed by atoms with Crippen LogP contribution in [0.5, 0.6) is 0 Å². The molecule has 0 rings (SSSR count). The van der Waals surface area contributed by atoms with E-state index < -0.39 is 0 Å². The maximum atomic E-state index is 5.00. The zero-order chi connectivity index (χ0) is 6.41. The molecule has 0 spiro atoms. The second-order valence-corrected chi connectivity index (χ2v) is 1.60. The Morgan fingerprint density at radius 2 is 2.50 bits per heavy atom. The predicted octanol–water partition coefficient (Wildman–Crippen LogP) is 1.25. The van der Waals surface area contributed by atoms with Gasteiger partial charge in [0.25, 0.3) is 0 Å². The maximum Gasteiger partial charge on any atom is 0.0581 e. The van der Waals surface area contributed by atoms with E-state index in [0.717, 1.165) is 12.8 Å². The lowest BCUT2D eigenvalue weighted by Gasteiger charge is -2.04. The molecule has 45 valence electrons. The summed E-state index contributed by atoms with van der Waals surface area (Å²) in [5, 5.41) is 0. The summed E-state index contributed by atoms with van der Waals surface area (Å²) in [5.41, 5.74) is 0. The Labute approximate surface area is 51.0 Å². The van der Waals surface area contributed by atoms with Crippen LogP contribution in [0.3, 0.4) is 0 Å². The fraction of sp³-hybridized carbons (Fsp3) is 0.571. The summed E-state index contributed by atoms with van der Waals surface area (Å²) in [7, 11) is 1.63. The standard InChI is InChI=1S/C7H11O/c1-4-5-6-7(2)8-3/h1,7H,2,5-6H2,3H3.